The minimum absolute atomic E-state index is 0.180. The van der Waals surface area contributed by atoms with Crippen LogP contribution < -0.4 is 0 Å². The number of hydrogen-bond donors (Lipinski definition) is 0. The van der Waals surface area contributed by atoms with E-state index in [0.29, 0.717) is 5.92 Å². The summed E-state index contributed by atoms with van der Waals surface area (Å²) in [5, 5.41) is 0. The molecule has 2 aromatic carbocycles. The number of rotatable bonds is 5. The monoisotopic (exact) mass is 432 g/mol. The Kier molecular flexibility index (Phi) is 6.52. The summed E-state index contributed by atoms with van der Waals surface area (Å²) in [6.07, 6.45) is 2.27. The molecule has 2 aromatic rings. The molecule has 0 aliphatic heterocycles. The lowest BCUT2D eigenvalue weighted by Gasteiger charge is -2.47. The Hall–Kier alpha value is -1.30. The second-order valence-corrected chi connectivity index (χ2v) is 12.6. The van der Waals surface area contributed by atoms with Gasteiger partial charge >= 0.3 is 0 Å². The summed E-state index contributed by atoms with van der Waals surface area (Å²) in [5.74, 6) is 0.519. The fourth-order valence-corrected chi connectivity index (χ4v) is 6.72. The molecule has 0 aromatic heterocycles. The Labute approximate surface area is 180 Å². The van der Waals surface area contributed by atoms with Crippen molar-refractivity contribution in [3.63, 3.8) is 0 Å². The highest BCUT2D eigenvalue weighted by Gasteiger charge is 2.47. The smallest absolute Gasteiger partial charge is 0.262 e. The number of aryl methyl sites for hydroxylation is 1. The molecule has 0 N–H and O–H groups in total. The van der Waals surface area contributed by atoms with Crippen LogP contribution in [0.2, 0.25) is 0 Å². The lowest BCUT2D eigenvalue weighted by molar-refractivity contribution is 0.0644. The van der Waals surface area contributed by atoms with E-state index in [2.05, 4.69) is 39.8 Å². The number of hydrogen-bond acceptors (Lipinski definition) is 4. The Balaban J connectivity index is 1.89. The molecule has 1 fully saturated rings. The van der Waals surface area contributed by atoms with E-state index in [1.807, 2.05) is 37.3 Å². The van der Waals surface area contributed by atoms with Crippen LogP contribution in [0.5, 0.6) is 0 Å². The largest absolute Gasteiger partial charge is 0.297 e. The van der Waals surface area contributed by atoms with Gasteiger partial charge in [-0.3, -0.25) is 4.18 Å². The maximum absolute atomic E-state index is 13.0. The summed E-state index contributed by atoms with van der Waals surface area (Å²) in [7, 11) is -3.81. The third kappa shape index (κ3) is 5.44. The van der Waals surface area contributed by atoms with Gasteiger partial charge in [0.05, 0.1) is 11.0 Å². The van der Waals surface area contributed by atoms with E-state index < -0.39 is 10.1 Å². The van der Waals surface area contributed by atoms with Crippen LogP contribution in [0.15, 0.2) is 64.4 Å². The zero-order chi connectivity index (χ0) is 21.3. The zero-order valence-electron chi connectivity index (χ0n) is 18.0. The molecule has 0 radical (unpaired) electrons. The van der Waals surface area contributed by atoms with Crippen LogP contribution >= 0.6 is 11.8 Å². The van der Waals surface area contributed by atoms with Gasteiger partial charge in [-0.25, -0.2) is 0 Å². The van der Waals surface area contributed by atoms with Crippen LogP contribution in [0.1, 0.15) is 52.5 Å². The van der Waals surface area contributed by atoms with Crippen molar-refractivity contribution < 1.29 is 12.6 Å². The molecule has 1 aliphatic carbocycles. The standard InChI is InChI=1S/C24H32O3S2/c1-18-11-14-21(15-12-18)29(25,26)27-22-16-13-19(23(2,3)4)17-24(22,5)28-20-9-7-6-8-10-20/h6-12,14-15,19,22H,13,16-17H2,1-5H3/t19-,22-,24+/m0/s1. The highest BCUT2D eigenvalue weighted by atomic mass is 32.2. The molecule has 0 heterocycles. The second-order valence-electron chi connectivity index (χ2n) is 9.42. The van der Waals surface area contributed by atoms with Gasteiger partial charge in [-0.05, 0) is 68.7 Å². The van der Waals surface area contributed by atoms with Crippen LogP contribution in [0.3, 0.4) is 0 Å². The summed E-state index contributed by atoms with van der Waals surface area (Å²) < 4.78 is 31.6. The predicted molar refractivity (Wildman–Crippen MR) is 121 cm³/mol. The van der Waals surface area contributed by atoms with E-state index in [1.165, 1.54) is 0 Å². The fourth-order valence-electron chi connectivity index (χ4n) is 4.05. The lowest BCUT2D eigenvalue weighted by atomic mass is 9.68. The minimum Gasteiger partial charge on any atom is -0.262 e. The molecule has 0 saturated heterocycles. The third-order valence-electron chi connectivity index (χ3n) is 5.98. The average Bonchev–Trinajstić information content (AvgIpc) is 2.63. The number of benzene rings is 2. The van der Waals surface area contributed by atoms with Gasteiger partial charge in [-0.15, -0.1) is 11.8 Å². The molecule has 0 spiro atoms. The summed E-state index contributed by atoms with van der Waals surface area (Å²) in [4.78, 5) is 1.37. The van der Waals surface area contributed by atoms with Crippen molar-refractivity contribution >= 4 is 21.9 Å². The van der Waals surface area contributed by atoms with Gasteiger partial charge in [0, 0.05) is 9.64 Å². The molecule has 0 amide bonds. The van der Waals surface area contributed by atoms with Crippen LogP contribution in [-0.4, -0.2) is 19.3 Å². The molecular weight excluding hydrogens is 400 g/mol. The highest BCUT2D eigenvalue weighted by molar-refractivity contribution is 8.00. The van der Waals surface area contributed by atoms with Crippen LogP contribution in [-0.2, 0) is 14.3 Å². The SMILES string of the molecule is Cc1ccc(S(=O)(=O)O[C@H]2CC[C@H](C(C)(C)C)C[C@@]2(C)Sc2ccccc2)cc1. The molecule has 29 heavy (non-hydrogen) atoms. The average molecular weight is 433 g/mol. The third-order valence-corrected chi connectivity index (χ3v) is 8.72. The molecule has 1 aliphatic rings. The van der Waals surface area contributed by atoms with Crippen LogP contribution in [0, 0.1) is 18.3 Å². The van der Waals surface area contributed by atoms with E-state index in [0.717, 1.165) is 29.7 Å². The van der Waals surface area contributed by atoms with Gasteiger partial charge < -0.3 is 0 Å². The maximum Gasteiger partial charge on any atom is 0.297 e. The first-order chi connectivity index (χ1) is 13.5. The van der Waals surface area contributed by atoms with Crippen molar-refractivity contribution in [2.45, 2.75) is 74.5 Å². The van der Waals surface area contributed by atoms with Crippen molar-refractivity contribution in [3.05, 3.63) is 60.2 Å². The van der Waals surface area contributed by atoms with Crippen molar-refractivity contribution in [1.29, 1.82) is 0 Å². The van der Waals surface area contributed by atoms with Gasteiger partial charge in [-0.1, -0.05) is 56.7 Å². The topological polar surface area (TPSA) is 43.4 Å². The van der Waals surface area contributed by atoms with Crippen molar-refractivity contribution in [2.75, 3.05) is 0 Å². The van der Waals surface area contributed by atoms with Gasteiger partial charge in [0.2, 0.25) is 0 Å². The second kappa shape index (κ2) is 8.44. The normalized spacial score (nSPS) is 25.7. The number of thioether (sulfide) groups is 1. The Bertz CT molecular complexity index is 915. The molecule has 3 nitrogen and oxygen atoms in total. The minimum atomic E-state index is -3.81. The Morgan fingerprint density at radius 3 is 2.21 bits per heavy atom. The first-order valence-corrected chi connectivity index (χ1v) is 12.5. The van der Waals surface area contributed by atoms with E-state index in [4.69, 9.17) is 4.18 Å². The summed E-state index contributed by atoms with van der Waals surface area (Å²) >= 11 is 1.74. The molecule has 3 rings (SSSR count). The summed E-state index contributed by atoms with van der Waals surface area (Å²) in [6.45, 7) is 10.9. The van der Waals surface area contributed by atoms with Crippen molar-refractivity contribution in [3.8, 4) is 0 Å². The van der Waals surface area contributed by atoms with Crippen LogP contribution in [0.4, 0.5) is 0 Å². The first-order valence-electron chi connectivity index (χ1n) is 10.2. The maximum atomic E-state index is 13.0. The van der Waals surface area contributed by atoms with Gasteiger partial charge in [-0.2, -0.15) is 8.42 Å². The van der Waals surface area contributed by atoms with E-state index in [1.54, 1.807) is 23.9 Å². The van der Waals surface area contributed by atoms with E-state index in [-0.39, 0.29) is 21.2 Å². The predicted octanol–water partition coefficient (Wildman–Crippen LogP) is 6.47. The summed E-state index contributed by atoms with van der Waals surface area (Å²) in [5.41, 5.74) is 1.21. The fraction of sp³-hybridized carbons (Fsp3) is 0.500. The molecule has 158 valence electrons. The van der Waals surface area contributed by atoms with Crippen molar-refractivity contribution in [2.24, 2.45) is 11.3 Å². The van der Waals surface area contributed by atoms with Crippen molar-refractivity contribution in [1.82, 2.24) is 0 Å². The highest BCUT2D eigenvalue weighted by Crippen LogP contribution is 2.51. The Morgan fingerprint density at radius 1 is 1.00 bits per heavy atom. The lowest BCUT2D eigenvalue weighted by Crippen LogP contribution is -2.47. The molecule has 3 atom stereocenters. The first kappa shape index (κ1) is 22.4. The Morgan fingerprint density at radius 2 is 1.62 bits per heavy atom. The molecule has 5 heteroatoms. The zero-order valence-corrected chi connectivity index (χ0v) is 19.6. The van der Waals surface area contributed by atoms with Gasteiger partial charge in [0.15, 0.2) is 0 Å². The molecule has 1 saturated carbocycles. The molecule has 0 bridgehead atoms. The van der Waals surface area contributed by atoms with Gasteiger partial charge in [0.25, 0.3) is 10.1 Å². The summed E-state index contributed by atoms with van der Waals surface area (Å²) in [6, 6.07) is 17.1. The van der Waals surface area contributed by atoms with E-state index >= 15 is 0 Å². The van der Waals surface area contributed by atoms with Gasteiger partial charge in [0.1, 0.15) is 0 Å². The van der Waals surface area contributed by atoms with Crippen LogP contribution in [0.25, 0.3) is 0 Å². The molecule has 0 unspecified atom stereocenters. The molecular formula is C24H32O3S2. The quantitative estimate of drug-likeness (QED) is 0.508. The van der Waals surface area contributed by atoms with E-state index in [9.17, 15) is 8.42 Å².